The van der Waals surface area contributed by atoms with Gasteiger partial charge in [-0.1, -0.05) is 13.3 Å². The summed E-state index contributed by atoms with van der Waals surface area (Å²) in [6.45, 7) is 6.72. The second kappa shape index (κ2) is 12.3. The number of ether oxygens (including phenoxy) is 1. The monoisotopic (exact) mass is 446 g/mol. The van der Waals surface area contributed by atoms with Crippen LogP contribution in [0.25, 0.3) is 0 Å². The lowest BCUT2D eigenvalue weighted by Gasteiger charge is -2.13. The van der Waals surface area contributed by atoms with Gasteiger partial charge in [-0.25, -0.2) is 9.98 Å². The molecular formula is C18H31IN4O. The second-order valence-corrected chi connectivity index (χ2v) is 6.00. The maximum Gasteiger partial charge on any atom is 0.213 e. The fourth-order valence-corrected chi connectivity index (χ4v) is 2.69. The van der Waals surface area contributed by atoms with Crippen LogP contribution in [0, 0.1) is 0 Å². The van der Waals surface area contributed by atoms with Gasteiger partial charge in [-0.15, -0.1) is 24.0 Å². The van der Waals surface area contributed by atoms with Crippen LogP contribution in [0.15, 0.2) is 23.3 Å². The number of aromatic nitrogens is 1. The Labute approximate surface area is 163 Å². The van der Waals surface area contributed by atoms with Crippen molar-refractivity contribution in [1.29, 1.82) is 0 Å². The van der Waals surface area contributed by atoms with Crippen LogP contribution in [0.4, 0.5) is 0 Å². The van der Waals surface area contributed by atoms with Crippen molar-refractivity contribution in [1.82, 2.24) is 15.6 Å². The molecule has 2 N–H and O–H groups in total. The third kappa shape index (κ3) is 7.68. The Morgan fingerprint density at radius 3 is 2.79 bits per heavy atom. The molecule has 0 amide bonds. The number of nitrogens with zero attached hydrogens (tertiary/aromatic N) is 2. The van der Waals surface area contributed by atoms with Crippen LogP contribution in [0.5, 0.6) is 5.88 Å². The molecule has 0 bridgehead atoms. The Balaban J connectivity index is 0.00000288. The van der Waals surface area contributed by atoms with Crippen LogP contribution >= 0.6 is 24.0 Å². The molecule has 0 radical (unpaired) electrons. The van der Waals surface area contributed by atoms with E-state index < -0.39 is 0 Å². The Hall–Kier alpha value is -1.05. The Kier molecular flexibility index (Phi) is 10.8. The number of hydrogen-bond acceptors (Lipinski definition) is 3. The summed E-state index contributed by atoms with van der Waals surface area (Å²) in [4.78, 5) is 8.96. The van der Waals surface area contributed by atoms with Gasteiger partial charge in [0, 0.05) is 25.4 Å². The minimum Gasteiger partial charge on any atom is -0.474 e. The minimum absolute atomic E-state index is 0. The molecule has 0 aromatic carbocycles. The highest BCUT2D eigenvalue weighted by Crippen LogP contribution is 2.23. The third-order valence-corrected chi connectivity index (χ3v) is 3.98. The average molecular weight is 446 g/mol. The van der Waals surface area contributed by atoms with Crippen molar-refractivity contribution < 1.29 is 4.74 Å². The molecule has 0 unspecified atom stereocenters. The standard InChI is InChI=1S/C18H30N4O.HI/c1-3-5-11-21-18(19-4-2)22-14-15-10-12-20-17(13-15)23-16-8-6-7-9-16;/h10,12-13,16H,3-9,11,14H2,1-2H3,(H2,19,21,22);1H. The molecule has 1 aromatic rings. The number of pyridine rings is 1. The first kappa shape index (κ1) is 21.0. The van der Waals surface area contributed by atoms with Crippen LogP contribution in [0.1, 0.15) is 57.9 Å². The molecule has 0 saturated heterocycles. The zero-order valence-electron chi connectivity index (χ0n) is 14.9. The lowest BCUT2D eigenvalue weighted by atomic mass is 10.2. The first-order valence-corrected chi connectivity index (χ1v) is 8.95. The summed E-state index contributed by atoms with van der Waals surface area (Å²) in [7, 11) is 0. The summed E-state index contributed by atoms with van der Waals surface area (Å²) in [6, 6.07) is 4.01. The Bertz CT molecular complexity index is 490. The molecule has 1 aliphatic rings. The van der Waals surface area contributed by atoms with Gasteiger partial charge in [0.05, 0.1) is 6.54 Å². The Morgan fingerprint density at radius 1 is 1.29 bits per heavy atom. The molecule has 0 atom stereocenters. The molecule has 0 spiro atoms. The summed E-state index contributed by atoms with van der Waals surface area (Å²) < 4.78 is 5.96. The molecule has 1 aliphatic carbocycles. The van der Waals surface area contributed by atoms with E-state index in [4.69, 9.17) is 4.74 Å². The third-order valence-electron chi connectivity index (χ3n) is 3.98. The predicted octanol–water partition coefficient (Wildman–Crippen LogP) is 3.88. The highest BCUT2D eigenvalue weighted by atomic mass is 127. The lowest BCUT2D eigenvalue weighted by molar-refractivity contribution is 0.201. The average Bonchev–Trinajstić information content (AvgIpc) is 3.06. The molecule has 1 fully saturated rings. The number of guanidine groups is 1. The predicted molar refractivity (Wildman–Crippen MR) is 110 cm³/mol. The summed E-state index contributed by atoms with van der Waals surface area (Å²) >= 11 is 0. The lowest BCUT2D eigenvalue weighted by Crippen LogP contribution is -2.37. The largest absolute Gasteiger partial charge is 0.474 e. The van der Waals surface area contributed by atoms with E-state index in [1.54, 1.807) is 0 Å². The van der Waals surface area contributed by atoms with Crippen molar-refractivity contribution in [2.45, 2.75) is 65.0 Å². The maximum atomic E-state index is 5.96. The van der Waals surface area contributed by atoms with Crippen molar-refractivity contribution in [3.05, 3.63) is 23.9 Å². The van der Waals surface area contributed by atoms with E-state index in [0.29, 0.717) is 12.6 Å². The molecule has 24 heavy (non-hydrogen) atoms. The van der Waals surface area contributed by atoms with Crippen LogP contribution in [0.2, 0.25) is 0 Å². The van der Waals surface area contributed by atoms with Crippen molar-refractivity contribution in [2.24, 2.45) is 4.99 Å². The highest BCUT2D eigenvalue weighted by Gasteiger charge is 2.16. The smallest absolute Gasteiger partial charge is 0.213 e. The molecule has 1 heterocycles. The summed E-state index contributed by atoms with van der Waals surface area (Å²) in [5, 5.41) is 6.63. The van der Waals surface area contributed by atoms with E-state index in [1.807, 2.05) is 18.3 Å². The summed E-state index contributed by atoms with van der Waals surface area (Å²) in [5.74, 6) is 1.60. The SMILES string of the molecule is CCCCNC(=NCc1ccnc(OC2CCCC2)c1)NCC.I. The molecule has 0 aliphatic heterocycles. The van der Waals surface area contributed by atoms with E-state index in [9.17, 15) is 0 Å². The van der Waals surface area contributed by atoms with Gasteiger partial charge in [0.1, 0.15) is 6.10 Å². The van der Waals surface area contributed by atoms with Crippen LogP contribution in [0.3, 0.4) is 0 Å². The minimum atomic E-state index is 0. The van der Waals surface area contributed by atoms with E-state index in [0.717, 1.165) is 49.8 Å². The van der Waals surface area contributed by atoms with E-state index in [-0.39, 0.29) is 24.0 Å². The number of halogens is 1. The van der Waals surface area contributed by atoms with E-state index in [1.165, 1.54) is 19.3 Å². The fourth-order valence-electron chi connectivity index (χ4n) is 2.69. The first-order chi connectivity index (χ1) is 11.3. The van der Waals surface area contributed by atoms with Crippen LogP contribution < -0.4 is 15.4 Å². The first-order valence-electron chi connectivity index (χ1n) is 8.95. The fraction of sp³-hybridized carbons (Fsp3) is 0.667. The van der Waals surface area contributed by atoms with Gasteiger partial charge < -0.3 is 15.4 Å². The number of aliphatic imine (C=N–C) groups is 1. The topological polar surface area (TPSA) is 58.5 Å². The zero-order chi connectivity index (χ0) is 16.3. The molecule has 1 saturated carbocycles. The summed E-state index contributed by atoms with van der Waals surface area (Å²) in [6.07, 6.45) is 9.32. The number of rotatable bonds is 8. The highest BCUT2D eigenvalue weighted by molar-refractivity contribution is 14.0. The second-order valence-electron chi connectivity index (χ2n) is 6.00. The van der Waals surface area contributed by atoms with Gasteiger partial charge in [0.25, 0.3) is 0 Å². The molecule has 5 nitrogen and oxygen atoms in total. The van der Waals surface area contributed by atoms with Gasteiger partial charge in [0.15, 0.2) is 5.96 Å². The maximum absolute atomic E-state index is 5.96. The van der Waals surface area contributed by atoms with Crippen molar-refractivity contribution >= 4 is 29.9 Å². The summed E-state index contributed by atoms with van der Waals surface area (Å²) in [5.41, 5.74) is 1.13. The molecule has 2 rings (SSSR count). The quantitative estimate of drug-likeness (QED) is 0.276. The van der Waals surface area contributed by atoms with Gasteiger partial charge >= 0.3 is 0 Å². The molecule has 6 heteroatoms. The number of hydrogen-bond donors (Lipinski definition) is 2. The van der Waals surface area contributed by atoms with Gasteiger partial charge in [-0.3, -0.25) is 0 Å². The van der Waals surface area contributed by atoms with Gasteiger partial charge in [-0.2, -0.15) is 0 Å². The number of nitrogens with one attached hydrogen (secondary N) is 2. The van der Waals surface area contributed by atoms with Gasteiger partial charge in [-0.05, 0) is 50.7 Å². The Morgan fingerprint density at radius 2 is 2.08 bits per heavy atom. The van der Waals surface area contributed by atoms with Crippen LogP contribution in [-0.2, 0) is 6.54 Å². The van der Waals surface area contributed by atoms with E-state index >= 15 is 0 Å². The van der Waals surface area contributed by atoms with Crippen LogP contribution in [-0.4, -0.2) is 30.1 Å². The molecule has 136 valence electrons. The van der Waals surface area contributed by atoms with Crippen molar-refractivity contribution in [3.8, 4) is 5.88 Å². The molecule has 1 aromatic heterocycles. The number of unbranched alkanes of at least 4 members (excludes halogenated alkanes) is 1. The zero-order valence-corrected chi connectivity index (χ0v) is 17.2. The molecular weight excluding hydrogens is 415 g/mol. The van der Waals surface area contributed by atoms with Gasteiger partial charge in [0.2, 0.25) is 5.88 Å². The van der Waals surface area contributed by atoms with Crippen molar-refractivity contribution in [2.75, 3.05) is 13.1 Å². The normalized spacial score (nSPS) is 15.0. The van der Waals surface area contributed by atoms with Crippen molar-refractivity contribution in [3.63, 3.8) is 0 Å². The van der Waals surface area contributed by atoms with E-state index in [2.05, 4.69) is 34.5 Å².